The molecule has 1 rings (SSSR count). The van der Waals surface area contributed by atoms with Gasteiger partial charge in [-0.3, -0.25) is 4.68 Å². The van der Waals surface area contributed by atoms with Gasteiger partial charge in [-0.1, -0.05) is 27.7 Å². The van der Waals surface area contributed by atoms with Crippen LogP contribution in [0.2, 0.25) is 0 Å². The fourth-order valence-corrected chi connectivity index (χ4v) is 2.81. The van der Waals surface area contributed by atoms with Gasteiger partial charge >= 0.3 is 0 Å². The molecule has 0 aromatic carbocycles. The fraction of sp³-hybridized carbons (Fsp3) is 0.800. The Hall–Kier alpha value is -0.830. The lowest BCUT2D eigenvalue weighted by Crippen LogP contribution is -2.33. The van der Waals surface area contributed by atoms with Gasteiger partial charge in [-0.15, -0.1) is 0 Å². The molecule has 0 aliphatic carbocycles. The van der Waals surface area contributed by atoms with Crippen LogP contribution in [0.25, 0.3) is 0 Å². The molecule has 1 aromatic rings. The Morgan fingerprint density at radius 2 is 1.78 bits per heavy atom. The quantitative estimate of drug-likeness (QED) is 0.809. The van der Waals surface area contributed by atoms with Crippen molar-refractivity contribution in [2.45, 2.75) is 59.0 Å². The Morgan fingerprint density at radius 3 is 2.17 bits per heavy atom. The van der Waals surface area contributed by atoms with Crippen LogP contribution in [0.15, 0.2) is 12.3 Å². The standard InChI is InChI=1S/C15H28N2O/c1-12(2)10-15(18,11-13(3)4)8-6-14-7-9-16-17(14)5/h7,9,12-13,18H,6,8,10-11H2,1-5H3. The molecule has 1 N–H and O–H groups in total. The van der Waals surface area contributed by atoms with E-state index >= 15 is 0 Å². The van der Waals surface area contributed by atoms with Crippen molar-refractivity contribution in [1.29, 1.82) is 0 Å². The number of rotatable bonds is 7. The molecular formula is C15H28N2O. The highest BCUT2D eigenvalue weighted by molar-refractivity contribution is 5.01. The lowest BCUT2D eigenvalue weighted by molar-refractivity contribution is -0.00741. The molecule has 0 unspecified atom stereocenters. The zero-order chi connectivity index (χ0) is 13.8. The van der Waals surface area contributed by atoms with E-state index in [2.05, 4.69) is 32.8 Å². The monoisotopic (exact) mass is 252 g/mol. The molecule has 0 saturated carbocycles. The third-order valence-electron chi connectivity index (χ3n) is 3.35. The van der Waals surface area contributed by atoms with Crippen LogP contribution < -0.4 is 0 Å². The van der Waals surface area contributed by atoms with Crippen molar-refractivity contribution in [1.82, 2.24) is 9.78 Å². The minimum absolute atomic E-state index is 0.528. The maximum absolute atomic E-state index is 10.8. The van der Waals surface area contributed by atoms with E-state index < -0.39 is 5.60 Å². The number of aliphatic hydroxyl groups is 1. The molecule has 0 spiro atoms. The minimum Gasteiger partial charge on any atom is -0.390 e. The average Bonchev–Trinajstić information content (AvgIpc) is 2.58. The van der Waals surface area contributed by atoms with Crippen LogP contribution in [0.1, 0.15) is 52.7 Å². The zero-order valence-electron chi connectivity index (χ0n) is 12.5. The molecule has 3 nitrogen and oxygen atoms in total. The van der Waals surface area contributed by atoms with Gasteiger partial charge in [0.15, 0.2) is 0 Å². The number of hydrogen-bond donors (Lipinski definition) is 1. The first-order valence-corrected chi connectivity index (χ1v) is 7.01. The van der Waals surface area contributed by atoms with Gasteiger partial charge in [0.25, 0.3) is 0 Å². The van der Waals surface area contributed by atoms with Crippen molar-refractivity contribution in [2.75, 3.05) is 0 Å². The normalized spacial score (nSPS) is 12.7. The summed E-state index contributed by atoms with van der Waals surface area (Å²) in [5.41, 5.74) is 0.660. The molecule has 3 heteroatoms. The van der Waals surface area contributed by atoms with Crippen LogP contribution in [0.3, 0.4) is 0 Å². The van der Waals surface area contributed by atoms with Crippen molar-refractivity contribution < 1.29 is 5.11 Å². The maximum Gasteiger partial charge on any atom is 0.0656 e. The topological polar surface area (TPSA) is 38.1 Å². The SMILES string of the molecule is CC(C)CC(O)(CCc1ccnn1C)CC(C)C. The first-order valence-electron chi connectivity index (χ1n) is 7.01. The van der Waals surface area contributed by atoms with Crippen LogP contribution in [-0.2, 0) is 13.5 Å². The van der Waals surface area contributed by atoms with E-state index in [1.54, 1.807) is 0 Å². The predicted octanol–water partition coefficient (Wildman–Crippen LogP) is 3.18. The van der Waals surface area contributed by atoms with Crippen LogP contribution in [0.5, 0.6) is 0 Å². The van der Waals surface area contributed by atoms with Gasteiger partial charge in [0.05, 0.1) is 5.60 Å². The van der Waals surface area contributed by atoms with E-state index in [1.165, 1.54) is 5.69 Å². The molecule has 0 fully saturated rings. The Balaban J connectivity index is 2.63. The molecule has 1 heterocycles. The van der Waals surface area contributed by atoms with Crippen molar-refractivity contribution >= 4 is 0 Å². The molecule has 0 aliphatic heterocycles. The van der Waals surface area contributed by atoms with E-state index in [0.29, 0.717) is 11.8 Å². The van der Waals surface area contributed by atoms with Crippen LogP contribution in [0, 0.1) is 11.8 Å². The molecular weight excluding hydrogens is 224 g/mol. The molecule has 0 atom stereocenters. The Labute approximate surface area is 111 Å². The summed E-state index contributed by atoms with van der Waals surface area (Å²) in [5.74, 6) is 1.06. The molecule has 0 bridgehead atoms. The Morgan fingerprint density at radius 1 is 1.22 bits per heavy atom. The molecule has 0 amide bonds. The van der Waals surface area contributed by atoms with Gasteiger partial charge in [0.1, 0.15) is 0 Å². The minimum atomic E-state index is -0.535. The van der Waals surface area contributed by atoms with Crippen molar-refractivity contribution in [3.63, 3.8) is 0 Å². The molecule has 18 heavy (non-hydrogen) atoms. The summed E-state index contributed by atoms with van der Waals surface area (Å²) in [4.78, 5) is 0. The summed E-state index contributed by atoms with van der Waals surface area (Å²) < 4.78 is 1.89. The van der Waals surface area contributed by atoms with Gasteiger partial charge in [0.2, 0.25) is 0 Å². The number of nitrogens with zero attached hydrogens (tertiary/aromatic N) is 2. The predicted molar refractivity (Wildman–Crippen MR) is 75.4 cm³/mol. The number of hydrogen-bond acceptors (Lipinski definition) is 2. The van der Waals surface area contributed by atoms with E-state index in [-0.39, 0.29) is 0 Å². The zero-order valence-corrected chi connectivity index (χ0v) is 12.5. The molecule has 0 aliphatic rings. The second-order valence-electron chi connectivity index (χ2n) is 6.37. The van der Waals surface area contributed by atoms with Crippen molar-refractivity contribution in [3.05, 3.63) is 18.0 Å². The fourth-order valence-electron chi connectivity index (χ4n) is 2.81. The molecule has 1 aromatic heterocycles. The van der Waals surface area contributed by atoms with Crippen molar-refractivity contribution in [2.24, 2.45) is 18.9 Å². The summed E-state index contributed by atoms with van der Waals surface area (Å²) >= 11 is 0. The highest BCUT2D eigenvalue weighted by Gasteiger charge is 2.28. The first kappa shape index (κ1) is 15.2. The van der Waals surface area contributed by atoms with E-state index in [4.69, 9.17) is 0 Å². The van der Waals surface area contributed by atoms with Gasteiger partial charge in [-0.2, -0.15) is 5.10 Å². The van der Waals surface area contributed by atoms with Gasteiger partial charge in [-0.25, -0.2) is 0 Å². The summed E-state index contributed by atoms with van der Waals surface area (Å²) in [5, 5.41) is 15.0. The van der Waals surface area contributed by atoms with Crippen LogP contribution in [-0.4, -0.2) is 20.5 Å². The second kappa shape index (κ2) is 6.37. The summed E-state index contributed by atoms with van der Waals surface area (Å²) in [7, 11) is 1.96. The summed E-state index contributed by atoms with van der Waals surface area (Å²) in [6.45, 7) is 8.70. The van der Waals surface area contributed by atoms with Gasteiger partial charge in [0, 0.05) is 18.9 Å². The molecule has 104 valence electrons. The number of aryl methyl sites for hydroxylation is 2. The largest absolute Gasteiger partial charge is 0.390 e. The van der Waals surface area contributed by atoms with Crippen molar-refractivity contribution in [3.8, 4) is 0 Å². The maximum atomic E-state index is 10.8. The lowest BCUT2D eigenvalue weighted by Gasteiger charge is -2.31. The highest BCUT2D eigenvalue weighted by Crippen LogP contribution is 2.29. The summed E-state index contributed by atoms with van der Waals surface area (Å²) in [6, 6.07) is 2.03. The molecule has 0 radical (unpaired) electrons. The van der Waals surface area contributed by atoms with Gasteiger partial charge in [-0.05, 0) is 43.6 Å². The smallest absolute Gasteiger partial charge is 0.0656 e. The Kier molecular flexibility index (Phi) is 5.39. The van der Waals surface area contributed by atoms with Crippen LogP contribution in [0.4, 0.5) is 0 Å². The van der Waals surface area contributed by atoms with Gasteiger partial charge < -0.3 is 5.11 Å². The molecule has 0 saturated heterocycles. The Bertz CT molecular complexity index is 345. The number of aromatic nitrogens is 2. The van der Waals surface area contributed by atoms with Crippen LogP contribution >= 0.6 is 0 Å². The lowest BCUT2D eigenvalue weighted by atomic mass is 9.81. The summed E-state index contributed by atoms with van der Waals surface area (Å²) in [6.07, 6.45) is 5.29. The highest BCUT2D eigenvalue weighted by atomic mass is 16.3. The van der Waals surface area contributed by atoms with E-state index in [1.807, 2.05) is 24.0 Å². The first-order chi connectivity index (χ1) is 8.32. The van der Waals surface area contributed by atoms with E-state index in [9.17, 15) is 5.11 Å². The third kappa shape index (κ3) is 4.81. The average molecular weight is 252 g/mol. The van der Waals surface area contributed by atoms with E-state index in [0.717, 1.165) is 25.7 Å². The second-order valence-corrected chi connectivity index (χ2v) is 6.37. The third-order valence-corrected chi connectivity index (χ3v) is 3.35.